The van der Waals surface area contributed by atoms with Crippen LogP contribution >= 0.6 is 0 Å². The maximum Gasteiger partial charge on any atom is 0.164 e. The van der Waals surface area contributed by atoms with E-state index in [1.54, 1.807) is 14.2 Å². The van der Waals surface area contributed by atoms with Crippen LogP contribution in [0.1, 0.15) is 23.5 Å². The fourth-order valence-electron chi connectivity index (χ4n) is 2.97. The fourth-order valence-corrected chi connectivity index (χ4v) is 2.97. The van der Waals surface area contributed by atoms with Crippen LogP contribution in [0.5, 0.6) is 11.5 Å². The van der Waals surface area contributed by atoms with Gasteiger partial charge in [0.2, 0.25) is 0 Å². The molecule has 1 aromatic carbocycles. The number of ether oxygens (including phenoxy) is 2. The highest BCUT2D eigenvalue weighted by atomic mass is 16.5. The van der Waals surface area contributed by atoms with Crippen molar-refractivity contribution in [3.63, 3.8) is 0 Å². The summed E-state index contributed by atoms with van der Waals surface area (Å²) in [6.07, 6.45) is 2.13. The molecule has 1 aromatic rings. The van der Waals surface area contributed by atoms with Gasteiger partial charge in [0.05, 0.1) is 20.8 Å². The lowest BCUT2D eigenvalue weighted by atomic mass is 9.99. The molecule has 18 heavy (non-hydrogen) atoms. The van der Waals surface area contributed by atoms with Crippen molar-refractivity contribution in [3.05, 3.63) is 23.3 Å². The molecular formula is C14H18N2O2. The van der Waals surface area contributed by atoms with Crippen LogP contribution in [0, 0.1) is 0 Å². The number of aliphatic imine (C=N–C) groups is 1. The number of methoxy groups -OCH3 is 2. The number of nitrogens with one attached hydrogen (secondary N) is 1. The molecule has 1 aliphatic heterocycles. The van der Waals surface area contributed by atoms with Crippen LogP contribution in [0.3, 0.4) is 0 Å². The van der Waals surface area contributed by atoms with Crippen molar-refractivity contribution in [2.45, 2.75) is 18.8 Å². The first-order valence-corrected chi connectivity index (χ1v) is 6.37. The van der Waals surface area contributed by atoms with Crippen molar-refractivity contribution < 1.29 is 9.47 Å². The minimum Gasteiger partial charge on any atom is -0.493 e. The Balaban J connectivity index is 2.02. The van der Waals surface area contributed by atoms with E-state index >= 15 is 0 Å². The van der Waals surface area contributed by atoms with E-state index in [1.165, 1.54) is 11.1 Å². The van der Waals surface area contributed by atoms with Gasteiger partial charge < -0.3 is 14.8 Å². The summed E-state index contributed by atoms with van der Waals surface area (Å²) in [4.78, 5) is 4.55. The second-order valence-electron chi connectivity index (χ2n) is 4.65. The van der Waals surface area contributed by atoms with Gasteiger partial charge in [-0.1, -0.05) is 6.07 Å². The fraction of sp³-hybridized carbons (Fsp3) is 0.500. The van der Waals surface area contributed by atoms with Crippen molar-refractivity contribution in [2.75, 3.05) is 27.3 Å². The number of nitrogens with zero attached hydrogens (tertiary/aromatic N) is 1. The van der Waals surface area contributed by atoms with Crippen molar-refractivity contribution in [1.29, 1.82) is 0 Å². The van der Waals surface area contributed by atoms with Gasteiger partial charge in [0, 0.05) is 18.0 Å². The smallest absolute Gasteiger partial charge is 0.164 e. The number of hydrogen-bond acceptors (Lipinski definition) is 4. The van der Waals surface area contributed by atoms with Gasteiger partial charge >= 0.3 is 0 Å². The van der Waals surface area contributed by atoms with Crippen LogP contribution in [0.15, 0.2) is 17.1 Å². The molecule has 0 unspecified atom stereocenters. The molecule has 4 nitrogen and oxygen atoms in total. The molecule has 1 heterocycles. The Morgan fingerprint density at radius 1 is 1.28 bits per heavy atom. The Hall–Kier alpha value is -1.71. The summed E-state index contributed by atoms with van der Waals surface area (Å²) in [5.74, 6) is 3.25. The van der Waals surface area contributed by atoms with Crippen LogP contribution in [0.2, 0.25) is 0 Å². The normalized spacial score (nSPS) is 21.2. The molecule has 1 aliphatic carbocycles. The quantitative estimate of drug-likeness (QED) is 0.883. The molecule has 1 N–H and O–H groups in total. The highest BCUT2D eigenvalue weighted by Crippen LogP contribution is 2.43. The summed E-state index contributed by atoms with van der Waals surface area (Å²) >= 11 is 0. The average molecular weight is 246 g/mol. The molecule has 0 radical (unpaired) electrons. The van der Waals surface area contributed by atoms with Crippen LogP contribution in [-0.4, -0.2) is 33.1 Å². The second-order valence-corrected chi connectivity index (χ2v) is 4.65. The Morgan fingerprint density at radius 3 is 2.83 bits per heavy atom. The molecule has 0 aromatic heterocycles. The molecule has 0 spiro atoms. The predicted molar refractivity (Wildman–Crippen MR) is 70.9 cm³/mol. The van der Waals surface area contributed by atoms with Crippen molar-refractivity contribution in [1.82, 2.24) is 5.32 Å². The van der Waals surface area contributed by atoms with Crippen LogP contribution in [-0.2, 0) is 6.42 Å². The van der Waals surface area contributed by atoms with E-state index in [4.69, 9.17) is 9.47 Å². The van der Waals surface area contributed by atoms with Crippen LogP contribution in [0.4, 0.5) is 0 Å². The van der Waals surface area contributed by atoms with E-state index in [0.717, 1.165) is 43.3 Å². The van der Waals surface area contributed by atoms with Crippen molar-refractivity contribution >= 4 is 5.84 Å². The Labute approximate surface area is 107 Å². The molecule has 0 saturated carbocycles. The third kappa shape index (κ3) is 1.64. The number of hydrogen-bond donors (Lipinski definition) is 1. The highest BCUT2D eigenvalue weighted by Gasteiger charge is 2.31. The van der Waals surface area contributed by atoms with E-state index in [2.05, 4.69) is 16.4 Å². The summed E-state index contributed by atoms with van der Waals surface area (Å²) in [6, 6.07) is 4.14. The van der Waals surface area contributed by atoms with Crippen molar-refractivity contribution in [3.8, 4) is 11.5 Å². The van der Waals surface area contributed by atoms with Gasteiger partial charge in [0.25, 0.3) is 0 Å². The summed E-state index contributed by atoms with van der Waals surface area (Å²) < 4.78 is 10.9. The standard InChI is InChI=1S/C14H18N2O2/c1-17-12-6-5-9-10(13(12)18-2)3-4-11(9)14-15-7-8-16-14/h5-6,11H,3-4,7-8H2,1-2H3,(H,15,16)/t11-/m1/s1. The SMILES string of the molecule is COc1ccc2c(c1OC)CC[C@H]2C1=NCCN1. The molecule has 0 amide bonds. The zero-order valence-electron chi connectivity index (χ0n) is 10.8. The van der Waals surface area contributed by atoms with Crippen LogP contribution < -0.4 is 14.8 Å². The molecular weight excluding hydrogens is 228 g/mol. The van der Waals surface area contributed by atoms with E-state index < -0.39 is 0 Å². The Kier molecular flexibility index (Phi) is 2.86. The van der Waals surface area contributed by atoms with E-state index in [-0.39, 0.29) is 0 Å². The van der Waals surface area contributed by atoms with Crippen LogP contribution in [0.25, 0.3) is 0 Å². The molecule has 0 fully saturated rings. The van der Waals surface area contributed by atoms with Gasteiger partial charge in [-0.3, -0.25) is 4.99 Å². The summed E-state index contributed by atoms with van der Waals surface area (Å²) in [7, 11) is 3.39. The molecule has 1 atom stereocenters. The first kappa shape index (κ1) is 11.4. The van der Waals surface area contributed by atoms with Gasteiger partial charge in [-0.05, 0) is 24.5 Å². The lowest BCUT2D eigenvalue weighted by molar-refractivity contribution is 0.352. The number of benzene rings is 1. The number of fused-ring (bicyclic) bond motifs is 1. The van der Waals surface area contributed by atoms with Gasteiger partial charge in [0.1, 0.15) is 5.84 Å². The summed E-state index contributed by atoms with van der Waals surface area (Å²) in [5.41, 5.74) is 2.61. The Bertz CT molecular complexity index is 497. The summed E-state index contributed by atoms with van der Waals surface area (Å²) in [5, 5.41) is 3.38. The maximum absolute atomic E-state index is 5.50. The zero-order chi connectivity index (χ0) is 12.5. The molecule has 0 saturated heterocycles. The lowest BCUT2D eigenvalue weighted by Crippen LogP contribution is -2.24. The topological polar surface area (TPSA) is 42.9 Å². The van der Waals surface area contributed by atoms with Gasteiger partial charge in [-0.2, -0.15) is 0 Å². The van der Waals surface area contributed by atoms with E-state index in [9.17, 15) is 0 Å². The van der Waals surface area contributed by atoms with Crippen molar-refractivity contribution in [2.24, 2.45) is 4.99 Å². The molecule has 2 aliphatic rings. The lowest BCUT2D eigenvalue weighted by Gasteiger charge is -2.15. The Morgan fingerprint density at radius 2 is 2.17 bits per heavy atom. The monoisotopic (exact) mass is 246 g/mol. The average Bonchev–Trinajstić information content (AvgIpc) is 3.05. The minimum atomic E-state index is 0.405. The number of rotatable bonds is 3. The molecule has 96 valence electrons. The van der Waals surface area contributed by atoms with E-state index in [0.29, 0.717) is 5.92 Å². The largest absolute Gasteiger partial charge is 0.493 e. The van der Waals surface area contributed by atoms with E-state index in [1.807, 2.05) is 6.07 Å². The first-order chi connectivity index (χ1) is 8.85. The highest BCUT2D eigenvalue weighted by molar-refractivity contribution is 5.91. The third-order valence-electron chi connectivity index (χ3n) is 3.77. The number of amidine groups is 1. The molecule has 0 bridgehead atoms. The second kappa shape index (κ2) is 4.52. The third-order valence-corrected chi connectivity index (χ3v) is 3.77. The predicted octanol–water partition coefficient (Wildman–Crippen LogP) is 1.74. The molecule has 4 heteroatoms. The zero-order valence-corrected chi connectivity index (χ0v) is 10.8. The van der Waals surface area contributed by atoms with Gasteiger partial charge in [0.15, 0.2) is 11.5 Å². The van der Waals surface area contributed by atoms with Gasteiger partial charge in [-0.25, -0.2) is 0 Å². The minimum absolute atomic E-state index is 0.405. The summed E-state index contributed by atoms with van der Waals surface area (Å²) in [6.45, 7) is 1.86. The maximum atomic E-state index is 5.50. The first-order valence-electron chi connectivity index (χ1n) is 6.37. The van der Waals surface area contributed by atoms with Gasteiger partial charge in [-0.15, -0.1) is 0 Å². The molecule has 3 rings (SSSR count).